The molecule has 4 N–H and O–H groups in total. The molecule has 1 unspecified atom stereocenters. The average molecular weight is 413 g/mol. The molecule has 1 aromatic carbocycles. The fourth-order valence-electron chi connectivity index (χ4n) is 2.96. The quantitative estimate of drug-likeness (QED) is 0.668. The summed E-state index contributed by atoms with van der Waals surface area (Å²) in [4.78, 5) is 12.3. The first-order chi connectivity index (χ1) is 12.3. The van der Waals surface area contributed by atoms with Gasteiger partial charge in [0, 0.05) is 25.1 Å². The smallest absolute Gasteiger partial charge is 0.259 e. The molecule has 0 aliphatic carbocycles. The van der Waals surface area contributed by atoms with Gasteiger partial charge >= 0.3 is 0 Å². The van der Waals surface area contributed by atoms with Crippen LogP contribution in [-0.2, 0) is 7.05 Å². The molecule has 5 nitrogen and oxygen atoms in total. The maximum Gasteiger partial charge on any atom is 0.259 e. The van der Waals surface area contributed by atoms with E-state index >= 15 is 0 Å². The van der Waals surface area contributed by atoms with Gasteiger partial charge in [-0.1, -0.05) is 35.3 Å². The van der Waals surface area contributed by atoms with Gasteiger partial charge in [0.1, 0.15) is 10.2 Å². The molecule has 0 spiro atoms. The number of aryl methyl sites for hydroxylation is 1. The standard InChI is InChI=1S/C17H15Cl2FN4OS/c1-24-14(11(18)7-23-24)13-12(15(17(22)25)26-16(13)19)10(6-21)8-2-4-9(20)5-3-8/h2-5,7,10H,6,21H2,1H3,(H2,22,25). The molecule has 3 rings (SSSR count). The summed E-state index contributed by atoms with van der Waals surface area (Å²) in [6.07, 6.45) is 1.49. The first kappa shape index (κ1) is 18.8. The lowest BCUT2D eigenvalue weighted by atomic mass is 9.88. The number of amides is 1. The van der Waals surface area contributed by atoms with Crippen LogP contribution in [0.2, 0.25) is 9.36 Å². The number of thiophene rings is 1. The molecule has 2 heterocycles. The third-order valence-electron chi connectivity index (χ3n) is 4.11. The zero-order valence-electron chi connectivity index (χ0n) is 13.7. The molecule has 0 aliphatic rings. The van der Waals surface area contributed by atoms with Crippen LogP contribution in [0, 0.1) is 5.82 Å². The summed E-state index contributed by atoms with van der Waals surface area (Å²) in [6, 6.07) is 5.93. The van der Waals surface area contributed by atoms with E-state index in [0.717, 1.165) is 16.9 Å². The lowest BCUT2D eigenvalue weighted by Crippen LogP contribution is -2.19. The Morgan fingerprint density at radius 2 is 2.00 bits per heavy atom. The van der Waals surface area contributed by atoms with Crippen LogP contribution in [0.5, 0.6) is 0 Å². The SMILES string of the molecule is Cn1ncc(Cl)c1-c1c(Cl)sc(C(N)=O)c1C(CN)c1ccc(F)cc1. The van der Waals surface area contributed by atoms with E-state index in [2.05, 4.69) is 5.10 Å². The zero-order chi connectivity index (χ0) is 19.0. The number of nitrogens with zero attached hydrogens (tertiary/aromatic N) is 2. The number of carbonyl (C=O) groups is 1. The molecular formula is C17H15Cl2FN4OS. The minimum atomic E-state index is -0.614. The van der Waals surface area contributed by atoms with E-state index in [4.69, 9.17) is 34.7 Å². The van der Waals surface area contributed by atoms with Gasteiger partial charge in [-0.15, -0.1) is 11.3 Å². The average Bonchev–Trinajstić information content (AvgIpc) is 3.10. The van der Waals surface area contributed by atoms with E-state index in [1.54, 1.807) is 23.9 Å². The first-order valence-electron chi connectivity index (χ1n) is 7.60. The van der Waals surface area contributed by atoms with Crippen molar-refractivity contribution in [3.8, 4) is 11.3 Å². The molecule has 1 atom stereocenters. The van der Waals surface area contributed by atoms with Crippen LogP contribution >= 0.6 is 34.5 Å². The molecule has 136 valence electrons. The topological polar surface area (TPSA) is 86.9 Å². The largest absolute Gasteiger partial charge is 0.365 e. The van der Waals surface area contributed by atoms with Crippen molar-refractivity contribution in [1.29, 1.82) is 0 Å². The van der Waals surface area contributed by atoms with Crippen molar-refractivity contribution < 1.29 is 9.18 Å². The van der Waals surface area contributed by atoms with Gasteiger partial charge in [-0.25, -0.2) is 4.39 Å². The second-order valence-corrected chi connectivity index (χ2v) is 7.69. The Hall–Kier alpha value is -1.93. The molecule has 2 aromatic heterocycles. The summed E-state index contributed by atoms with van der Waals surface area (Å²) in [5.41, 5.74) is 14.0. The summed E-state index contributed by atoms with van der Waals surface area (Å²) in [7, 11) is 1.72. The van der Waals surface area contributed by atoms with Gasteiger partial charge in [-0.3, -0.25) is 9.48 Å². The Morgan fingerprint density at radius 3 is 2.50 bits per heavy atom. The Labute approximate surface area is 163 Å². The molecule has 3 aromatic rings. The normalized spacial score (nSPS) is 12.3. The molecule has 9 heteroatoms. The van der Waals surface area contributed by atoms with Crippen LogP contribution in [0.25, 0.3) is 11.3 Å². The molecule has 0 radical (unpaired) electrons. The Morgan fingerprint density at radius 1 is 1.35 bits per heavy atom. The minimum Gasteiger partial charge on any atom is -0.365 e. The number of primary amides is 1. The molecule has 1 amide bonds. The fraction of sp³-hybridized carbons (Fsp3) is 0.176. The van der Waals surface area contributed by atoms with Crippen molar-refractivity contribution in [1.82, 2.24) is 9.78 Å². The van der Waals surface area contributed by atoms with Crippen molar-refractivity contribution in [2.24, 2.45) is 18.5 Å². The first-order valence-corrected chi connectivity index (χ1v) is 9.17. The van der Waals surface area contributed by atoms with Crippen LogP contribution in [0.4, 0.5) is 4.39 Å². The highest BCUT2D eigenvalue weighted by Gasteiger charge is 2.30. The fourth-order valence-corrected chi connectivity index (χ4v) is 4.58. The van der Waals surface area contributed by atoms with Crippen LogP contribution in [-0.4, -0.2) is 22.2 Å². The summed E-state index contributed by atoms with van der Waals surface area (Å²) < 4.78 is 15.3. The van der Waals surface area contributed by atoms with Gasteiger partial charge in [0.25, 0.3) is 5.91 Å². The minimum absolute atomic E-state index is 0.168. The Bertz CT molecular complexity index is 949. The number of hydrogen-bond acceptors (Lipinski definition) is 4. The predicted octanol–water partition coefficient (Wildman–Crippen LogP) is 3.78. The van der Waals surface area contributed by atoms with Crippen molar-refractivity contribution in [3.05, 3.63) is 61.6 Å². The van der Waals surface area contributed by atoms with Gasteiger partial charge in [-0.2, -0.15) is 5.10 Å². The van der Waals surface area contributed by atoms with Crippen LogP contribution < -0.4 is 11.5 Å². The molecule has 26 heavy (non-hydrogen) atoms. The highest BCUT2D eigenvalue weighted by molar-refractivity contribution is 7.18. The van der Waals surface area contributed by atoms with E-state index in [-0.39, 0.29) is 12.4 Å². The van der Waals surface area contributed by atoms with Crippen molar-refractivity contribution in [2.75, 3.05) is 6.54 Å². The van der Waals surface area contributed by atoms with Gasteiger partial charge in [0.15, 0.2) is 0 Å². The maximum atomic E-state index is 13.3. The molecule has 0 saturated heterocycles. The van der Waals surface area contributed by atoms with E-state index < -0.39 is 11.8 Å². The number of nitrogens with two attached hydrogens (primary N) is 2. The number of carbonyl (C=O) groups excluding carboxylic acids is 1. The summed E-state index contributed by atoms with van der Waals surface area (Å²) in [6.45, 7) is 0.168. The van der Waals surface area contributed by atoms with E-state index in [9.17, 15) is 9.18 Å². The molecule has 0 saturated carbocycles. The Kier molecular flexibility index (Phi) is 5.34. The van der Waals surface area contributed by atoms with Crippen molar-refractivity contribution in [2.45, 2.75) is 5.92 Å². The molecule has 0 fully saturated rings. The molecule has 0 bridgehead atoms. The monoisotopic (exact) mass is 412 g/mol. The Balaban J connectivity index is 2.30. The summed E-state index contributed by atoms with van der Waals surface area (Å²) in [5.74, 6) is -1.39. The third kappa shape index (κ3) is 3.23. The second kappa shape index (κ2) is 7.36. The second-order valence-electron chi connectivity index (χ2n) is 5.66. The predicted molar refractivity (Wildman–Crippen MR) is 102 cm³/mol. The van der Waals surface area contributed by atoms with Gasteiger partial charge < -0.3 is 11.5 Å². The van der Waals surface area contributed by atoms with Crippen molar-refractivity contribution in [3.63, 3.8) is 0 Å². The summed E-state index contributed by atoms with van der Waals surface area (Å²) in [5, 5.41) is 4.52. The van der Waals surface area contributed by atoms with Crippen molar-refractivity contribution >= 4 is 40.4 Å². The van der Waals surface area contributed by atoms with E-state index in [0.29, 0.717) is 31.1 Å². The lowest BCUT2D eigenvalue weighted by Gasteiger charge is -2.19. The van der Waals surface area contributed by atoms with E-state index in [1.807, 2.05) is 0 Å². The lowest BCUT2D eigenvalue weighted by molar-refractivity contribution is 0.100. The highest BCUT2D eigenvalue weighted by Crippen LogP contribution is 2.46. The number of halogens is 3. The van der Waals surface area contributed by atoms with Gasteiger partial charge in [0.05, 0.1) is 21.8 Å². The molecule has 0 aliphatic heterocycles. The maximum absolute atomic E-state index is 13.3. The number of hydrogen-bond donors (Lipinski definition) is 2. The van der Waals surface area contributed by atoms with E-state index in [1.165, 1.54) is 18.3 Å². The number of aromatic nitrogens is 2. The highest BCUT2D eigenvalue weighted by atomic mass is 35.5. The molecular weight excluding hydrogens is 398 g/mol. The van der Waals surface area contributed by atoms with Gasteiger partial charge in [-0.05, 0) is 23.3 Å². The third-order valence-corrected chi connectivity index (χ3v) is 5.82. The zero-order valence-corrected chi connectivity index (χ0v) is 16.0. The van der Waals surface area contributed by atoms with Crippen LogP contribution in [0.3, 0.4) is 0 Å². The van der Waals surface area contributed by atoms with Crippen LogP contribution in [0.1, 0.15) is 26.7 Å². The number of benzene rings is 1. The number of rotatable bonds is 5. The van der Waals surface area contributed by atoms with Crippen LogP contribution in [0.15, 0.2) is 30.5 Å². The summed E-state index contributed by atoms with van der Waals surface area (Å²) >= 11 is 13.8. The van der Waals surface area contributed by atoms with Gasteiger partial charge in [0.2, 0.25) is 0 Å².